The monoisotopic (exact) mass is 288 g/mol. The molecule has 0 aliphatic carbocycles. The predicted molar refractivity (Wildman–Crippen MR) is 91.4 cm³/mol. The first-order chi connectivity index (χ1) is 10.2. The van der Waals surface area contributed by atoms with Crippen LogP contribution in [0.2, 0.25) is 0 Å². The Kier molecular flexibility index (Phi) is 6.25. The molecule has 1 aliphatic heterocycles. The van der Waals surface area contributed by atoms with Crippen LogP contribution in [0.3, 0.4) is 0 Å². The Morgan fingerprint density at radius 3 is 2.29 bits per heavy atom. The highest BCUT2D eigenvalue weighted by molar-refractivity contribution is 5.25. The van der Waals surface area contributed by atoms with E-state index in [-0.39, 0.29) is 6.04 Å². The van der Waals surface area contributed by atoms with Gasteiger partial charge in [-0.15, -0.1) is 0 Å². The van der Waals surface area contributed by atoms with Crippen molar-refractivity contribution in [3.8, 4) is 0 Å². The minimum absolute atomic E-state index is 0.232. The highest BCUT2D eigenvalue weighted by Crippen LogP contribution is 2.31. The molecule has 1 heterocycles. The second kappa shape index (κ2) is 7.95. The van der Waals surface area contributed by atoms with Crippen molar-refractivity contribution in [3.63, 3.8) is 0 Å². The van der Waals surface area contributed by atoms with Gasteiger partial charge in [0.15, 0.2) is 0 Å². The molecule has 0 amide bonds. The van der Waals surface area contributed by atoms with E-state index < -0.39 is 0 Å². The Morgan fingerprint density at radius 2 is 1.76 bits per heavy atom. The van der Waals surface area contributed by atoms with Crippen molar-refractivity contribution in [2.45, 2.75) is 65.0 Å². The number of benzene rings is 1. The van der Waals surface area contributed by atoms with Gasteiger partial charge in [-0.3, -0.25) is 4.90 Å². The first-order valence-electron chi connectivity index (χ1n) is 8.71. The fourth-order valence-electron chi connectivity index (χ4n) is 3.64. The molecule has 1 aromatic rings. The molecule has 118 valence electrons. The molecule has 2 heteroatoms. The molecule has 0 aromatic heterocycles. The summed E-state index contributed by atoms with van der Waals surface area (Å²) in [6, 6.07) is 9.60. The highest BCUT2D eigenvalue weighted by Gasteiger charge is 2.29. The van der Waals surface area contributed by atoms with Crippen molar-refractivity contribution >= 4 is 0 Å². The van der Waals surface area contributed by atoms with Crippen molar-refractivity contribution in [1.82, 2.24) is 4.90 Å². The Hall–Kier alpha value is -0.860. The van der Waals surface area contributed by atoms with Gasteiger partial charge in [-0.05, 0) is 50.8 Å². The summed E-state index contributed by atoms with van der Waals surface area (Å²) >= 11 is 0. The zero-order valence-corrected chi connectivity index (χ0v) is 14.0. The molecule has 0 saturated carbocycles. The molecular weight excluding hydrogens is 256 g/mol. The van der Waals surface area contributed by atoms with E-state index in [4.69, 9.17) is 5.73 Å². The van der Waals surface area contributed by atoms with Gasteiger partial charge in [0.1, 0.15) is 0 Å². The summed E-state index contributed by atoms with van der Waals surface area (Å²) in [5.74, 6) is 0.933. The summed E-state index contributed by atoms with van der Waals surface area (Å²) in [6.45, 7) is 9.06. The molecule has 2 unspecified atom stereocenters. The van der Waals surface area contributed by atoms with Crippen LogP contribution >= 0.6 is 0 Å². The molecule has 1 saturated heterocycles. The quantitative estimate of drug-likeness (QED) is 0.846. The van der Waals surface area contributed by atoms with Crippen LogP contribution in [0.25, 0.3) is 0 Å². The van der Waals surface area contributed by atoms with Gasteiger partial charge in [-0.2, -0.15) is 0 Å². The van der Waals surface area contributed by atoms with Gasteiger partial charge in [0.2, 0.25) is 0 Å². The standard InChI is InChI=1S/C19H32N2/c1-4-6-16-11-13-21(14-12-16)19(18(20)5-2)17-9-7-15(3)8-10-17/h7-10,16,18-19H,4-6,11-14,20H2,1-3H3. The first-order valence-corrected chi connectivity index (χ1v) is 8.71. The largest absolute Gasteiger partial charge is 0.326 e. The molecule has 1 aromatic carbocycles. The van der Waals surface area contributed by atoms with Crippen LogP contribution in [-0.2, 0) is 0 Å². The second-order valence-electron chi connectivity index (χ2n) is 6.70. The van der Waals surface area contributed by atoms with E-state index in [1.807, 2.05) is 0 Å². The van der Waals surface area contributed by atoms with Gasteiger partial charge in [-0.25, -0.2) is 0 Å². The molecule has 0 spiro atoms. The van der Waals surface area contributed by atoms with Gasteiger partial charge in [0, 0.05) is 12.1 Å². The van der Waals surface area contributed by atoms with Crippen molar-refractivity contribution in [3.05, 3.63) is 35.4 Å². The lowest BCUT2D eigenvalue weighted by Crippen LogP contribution is -2.44. The minimum Gasteiger partial charge on any atom is -0.326 e. The first kappa shape index (κ1) is 16.5. The van der Waals surface area contributed by atoms with E-state index in [1.165, 1.54) is 49.9 Å². The summed E-state index contributed by atoms with van der Waals surface area (Å²) in [6.07, 6.45) is 6.43. The average molecular weight is 288 g/mol. The molecule has 1 aliphatic rings. The average Bonchev–Trinajstić information content (AvgIpc) is 2.51. The lowest BCUT2D eigenvalue weighted by atomic mass is 9.88. The highest BCUT2D eigenvalue weighted by atomic mass is 15.2. The minimum atomic E-state index is 0.232. The van der Waals surface area contributed by atoms with Crippen LogP contribution in [0.4, 0.5) is 0 Å². The SMILES string of the molecule is CCCC1CCN(C(c2ccc(C)cc2)C(N)CC)CC1. The molecule has 0 bridgehead atoms. The smallest absolute Gasteiger partial charge is 0.0499 e. The van der Waals surface area contributed by atoms with Crippen molar-refractivity contribution < 1.29 is 0 Å². The molecule has 1 fully saturated rings. The number of nitrogens with zero attached hydrogens (tertiary/aromatic N) is 1. The lowest BCUT2D eigenvalue weighted by molar-refractivity contribution is 0.111. The Labute approximate surface area is 130 Å². The number of nitrogens with two attached hydrogens (primary N) is 1. The molecule has 0 radical (unpaired) electrons. The maximum Gasteiger partial charge on any atom is 0.0499 e. The van der Waals surface area contributed by atoms with Gasteiger partial charge in [0.05, 0.1) is 0 Å². The fraction of sp³-hybridized carbons (Fsp3) is 0.684. The summed E-state index contributed by atoms with van der Waals surface area (Å²) in [7, 11) is 0. The molecule has 2 atom stereocenters. The Bertz CT molecular complexity index is 404. The van der Waals surface area contributed by atoms with E-state index in [1.54, 1.807) is 0 Å². The van der Waals surface area contributed by atoms with Crippen LogP contribution in [0.1, 0.15) is 63.1 Å². The number of rotatable bonds is 6. The molecule has 2 nitrogen and oxygen atoms in total. The number of piperidine rings is 1. The van der Waals surface area contributed by atoms with Crippen LogP contribution in [0.15, 0.2) is 24.3 Å². The predicted octanol–water partition coefficient (Wildman–Crippen LogP) is 4.29. The second-order valence-corrected chi connectivity index (χ2v) is 6.70. The fourth-order valence-corrected chi connectivity index (χ4v) is 3.64. The van der Waals surface area contributed by atoms with E-state index in [0.717, 1.165) is 12.3 Å². The summed E-state index contributed by atoms with van der Waals surface area (Å²) in [4.78, 5) is 2.63. The van der Waals surface area contributed by atoms with Gasteiger partial charge < -0.3 is 5.73 Å². The number of hydrogen-bond acceptors (Lipinski definition) is 2. The van der Waals surface area contributed by atoms with Crippen molar-refractivity contribution in [2.75, 3.05) is 13.1 Å². The van der Waals surface area contributed by atoms with Crippen LogP contribution in [0, 0.1) is 12.8 Å². The van der Waals surface area contributed by atoms with Crippen molar-refractivity contribution in [1.29, 1.82) is 0 Å². The molecular formula is C19H32N2. The van der Waals surface area contributed by atoms with Gasteiger partial charge in [-0.1, -0.05) is 56.5 Å². The van der Waals surface area contributed by atoms with E-state index >= 15 is 0 Å². The third kappa shape index (κ3) is 4.31. The van der Waals surface area contributed by atoms with Gasteiger partial charge >= 0.3 is 0 Å². The molecule has 21 heavy (non-hydrogen) atoms. The van der Waals surface area contributed by atoms with E-state index in [9.17, 15) is 0 Å². The molecule has 2 rings (SSSR count). The maximum absolute atomic E-state index is 6.47. The van der Waals surface area contributed by atoms with Crippen LogP contribution < -0.4 is 5.73 Å². The van der Waals surface area contributed by atoms with Crippen molar-refractivity contribution in [2.24, 2.45) is 11.7 Å². The normalized spacial score (nSPS) is 20.4. The van der Waals surface area contributed by atoms with E-state index in [2.05, 4.69) is 49.9 Å². The third-order valence-corrected chi connectivity index (χ3v) is 5.04. The number of aryl methyl sites for hydroxylation is 1. The van der Waals surface area contributed by atoms with Crippen LogP contribution in [-0.4, -0.2) is 24.0 Å². The Balaban J connectivity index is 2.09. The third-order valence-electron chi connectivity index (χ3n) is 5.04. The Morgan fingerprint density at radius 1 is 1.14 bits per heavy atom. The summed E-state index contributed by atoms with van der Waals surface area (Å²) in [5.41, 5.74) is 9.19. The van der Waals surface area contributed by atoms with Gasteiger partial charge in [0.25, 0.3) is 0 Å². The summed E-state index contributed by atoms with van der Waals surface area (Å²) in [5, 5.41) is 0. The zero-order chi connectivity index (χ0) is 15.2. The van der Waals surface area contributed by atoms with Crippen LogP contribution in [0.5, 0.6) is 0 Å². The molecule has 2 N–H and O–H groups in total. The summed E-state index contributed by atoms with van der Waals surface area (Å²) < 4.78 is 0. The number of hydrogen-bond donors (Lipinski definition) is 1. The topological polar surface area (TPSA) is 29.3 Å². The lowest BCUT2D eigenvalue weighted by Gasteiger charge is -2.40. The zero-order valence-electron chi connectivity index (χ0n) is 14.0. The van der Waals surface area contributed by atoms with E-state index in [0.29, 0.717) is 6.04 Å². The maximum atomic E-state index is 6.47. The number of likely N-dealkylation sites (tertiary alicyclic amines) is 1.